The van der Waals surface area contributed by atoms with Gasteiger partial charge in [0.2, 0.25) is 0 Å². The molecule has 4 N–H and O–H groups in total. The van der Waals surface area contributed by atoms with Crippen LogP contribution in [0.4, 0.5) is 10.7 Å². The number of nitrogens with two attached hydrogens (primary N) is 2. The number of hydrogen-bond donors (Lipinski definition) is 2. The summed E-state index contributed by atoms with van der Waals surface area (Å²) in [6.45, 7) is 1.95. The fourth-order valence-corrected chi connectivity index (χ4v) is 2.38. The summed E-state index contributed by atoms with van der Waals surface area (Å²) in [4.78, 5) is 24.8. The molecule has 7 heteroatoms. The Morgan fingerprint density at radius 1 is 1.41 bits per heavy atom. The second-order valence-electron chi connectivity index (χ2n) is 3.50. The van der Waals surface area contributed by atoms with Crippen LogP contribution in [0.1, 0.15) is 27.0 Å². The monoisotopic (exact) mass is 257 g/mol. The highest BCUT2D eigenvalue weighted by Crippen LogP contribution is 2.37. The van der Waals surface area contributed by atoms with Crippen molar-refractivity contribution in [3.63, 3.8) is 0 Å². The van der Waals surface area contributed by atoms with Gasteiger partial charge in [-0.15, -0.1) is 11.3 Å². The molecule has 94 valence electrons. The Morgan fingerprint density at radius 2 is 2.00 bits per heavy atom. The highest BCUT2D eigenvalue weighted by Gasteiger charge is 2.25. The summed E-state index contributed by atoms with van der Waals surface area (Å²) in [5, 5.41) is 0.554. The number of rotatable bonds is 4. The Hall–Kier alpha value is -1.76. The molecule has 6 nitrogen and oxygen atoms in total. The van der Waals surface area contributed by atoms with Crippen molar-refractivity contribution in [1.82, 2.24) is 0 Å². The second-order valence-corrected chi connectivity index (χ2v) is 4.50. The van der Waals surface area contributed by atoms with E-state index in [0.29, 0.717) is 5.00 Å². The molecule has 1 amide bonds. The van der Waals surface area contributed by atoms with Gasteiger partial charge in [0.15, 0.2) is 0 Å². The summed E-state index contributed by atoms with van der Waals surface area (Å²) >= 11 is 1.10. The first-order valence-electron chi connectivity index (χ1n) is 4.96. The normalized spacial score (nSPS) is 10.1. The maximum atomic E-state index is 11.6. The molecule has 0 fully saturated rings. The van der Waals surface area contributed by atoms with E-state index in [9.17, 15) is 9.59 Å². The van der Waals surface area contributed by atoms with Crippen LogP contribution in [-0.2, 0) is 4.74 Å². The molecule has 0 radical (unpaired) electrons. The zero-order valence-electron chi connectivity index (χ0n) is 9.94. The molecular weight excluding hydrogens is 242 g/mol. The van der Waals surface area contributed by atoms with E-state index >= 15 is 0 Å². The van der Waals surface area contributed by atoms with E-state index in [0.717, 1.165) is 11.3 Å². The fraction of sp³-hybridized carbons (Fsp3) is 0.400. The third kappa shape index (κ3) is 2.50. The highest BCUT2D eigenvalue weighted by atomic mass is 32.1. The minimum atomic E-state index is -0.655. The first-order chi connectivity index (χ1) is 7.90. The average Bonchev–Trinajstić information content (AvgIpc) is 2.56. The van der Waals surface area contributed by atoms with Crippen molar-refractivity contribution in [1.29, 1.82) is 0 Å². The molecule has 17 heavy (non-hydrogen) atoms. The summed E-state index contributed by atoms with van der Waals surface area (Å²) in [7, 11) is 3.49. The Morgan fingerprint density at radius 3 is 2.35 bits per heavy atom. The third-order valence-corrected chi connectivity index (χ3v) is 3.39. The van der Waals surface area contributed by atoms with Crippen LogP contribution in [0.25, 0.3) is 0 Å². The minimum Gasteiger partial charge on any atom is -0.462 e. The lowest BCUT2D eigenvalue weighted by Gasteiger charge is -2.10. The Kier molecular flexibility index (Phi) is 3.95. The van der Waals surface area contributed by atoms with Crippen LogP contribution >= 0.6 is 11.3 Å². The van der Waals surface area contributed by atoms with Crippen LogP contribution in [0, 0.1) is 0 Å². The number of ether oxygens (including phenoxy) is 1. The third-order valence-electron chi connectivity index (χ3n) is 2.04. The summed E-state index contributed by atoms with van der Waals surface area (Å²) < 4.78 is 4.86. The van der Waals surface area contributed by atoms with Crippen LogP contribution in [-0.4, -0.2) is 32.6 Å². The number of anilines is 2. The van der Waals surface area contributed by atoms with Crippen LogP contribution < -0.4 is 16.4 Å². The molecule has 0 atom stereocenters. The zero-order chi connectivity index (χ0) is 13.2. The highest BCUT2D eigenvalue weighted by molar-refractivity contribution is 7.19. The minimum absolute atomic E-state index is 0.0876. The Bertz CT molecular complexity index is 454. The topological polar surface area (TPSA) is 98.6 Å². The smallest absolute Gasteiger partial charge is 0.350 e. The number of carbonyl (C=O) groups excluding carboxylic acids is 2. The van der Waals surface area contributed by atoms with E-state index < -0.39 is 11.9 Å². The maximum Gasteiger partial charge on any atom is 0.350 e. The quantitative estimate of drug-likeness (QED) is 0.772. The van der Waals surface area contributed by atoms with Crippen molar-refractivity contribution in [3.8, 4) is 0 Å². The molecule has 0 aromatic carbocycles. The van der Waals surface area contributed by atoms with Crippen molar-refractivity contribution in [2.24, 2.45) is 5.73 Å². The van der Waals surface area contributed by atoms with Crippen molar-refractivity contribution < 1.29 is 14.3 Å². The van der Waals surface area contributed by atoms with Gasteiger partial charge in [-0.25, -0.2) is 4.79 Å². The summed E-state index contributed by atoms with van der Waals surface area (Å²) in [5.74, 6) is -1.19. The first-order valence-corrected chi connectivity index (χ1v) is 5.78. The van der Waals surface area contributed by atoms with Gasteiger partial charge in [0.05, 0.1) is 17.9 Å². The molecule has 0 aliphatic heterocycles. The predicted octanol–water partition coefficient (Wildman–Crippen LogP) is 0.672. The number of amides is 1. The van der Waals surface area contributed by atoms with Crippen LogP contribution in [0.15, 0.2) is 0 Å². The van der Waals surface area contributed by atoms with Gasteiger partial charge < -0.3 is 21.1 Å². The van der Waals surface area contributed by atoms with Gasteiger partial charge in [-0.3, -0.25) is 4.79 Å². The number of carbonyl (C=O) groups is 2. The van der Waals surface area contributed by atoms with Gasteiger partial charge in [-0.1, -0.05) is 0 Å². The van der Waals surface area contributed by atoms with Gasteiger partial charge in [0.1, 0.15) is 9.88 Å². The predicted molar refractivity (Wildman–Crippen MR) is 67.5 cm³/mol. The summed E-state index contributed by atoms with van der Waals surface area (Å²) in [6.07, 6.45) is 0. The molecule has 0 aliphatic carbocycles. The molecule has 0 saturated carbocycles. The fourth-order valence-electron chi connectivity index (χ4n) is 1.33. The summed E-state index contributed by atoms with van der Waals surface area (Å²) in [5.41, 5.74) is 11.3. The Balaban J connectivity index is 3.31. The number of primary amides is 1. The number of esters is 1. The standard InChI is InChI=1S/C10H15N3O3S/c1-4-16-10(15)7-6(11)5(8(12)14)9(17-7)13(2)3/h4,11H2,1-3H3,(H2,12,14). The summed E-state index contributed by atoms with van der Waals surface area (Å²) in [6, 6.07) is 0. The van der Waals surface area contributed by atoms with E-state index in [4.69, 9.17) is 16.2 Å². The van der Waals surface area contributed by atoms with Crippen molar-refractivity contribution >= 4 is 33.9 Å². The average molecular weight is 257 g/mol. The molecule has 1 rings (SSSR count). The van der Waals surface area contributed by atoms with Gasteiger partial charge in [0.25, 0.3) is 5.91 Å². The van der Waals surface area contributed by atoms with Crippen LogP contribution in [0.5, 0.6) is 0 Å². The Labute approximate surface area is 103 Å². The van der Waals surface area contributed by atoms with Crippen LogP contribution in [0.3, 0.4) is 0 Å². The molecule has 0 spiro atoms. The lowest BCUT2D eigenvalue weighted by atomic mass is 10.2. The molecule has 0 unspecified atom stereocenters. The molecule has 1 heterocycles. The lowest BCUT2D eigenvalue weighted by Crippen LogP contribution is -2.18. The number of nitrogen functional groups attached to an aromatic ring is 1. The van der Waals surface area contributed by atoms with Gasteiger partial charge in [-0.2, -0.15) is 0 Å². The van der Waals surface area contributed by atoms with E-state index in [1.54, 1.807) is 25.9 Å². The van der Waals surface area contributed by atoms with E-state index in [1.165, 1.54) is 0 Å². The van der Waals surface area contributed by atoms with Gasteiger partial charge >= 0.3 is 5.97 Å². The van der Waals surface area contributed by atoms with Crippen LogP contribution in [0.2, 0.25) is 0 Å². The zero-order valence-corrected chi connectivity index (χ0v) is 10.8. The molecule has 1 aromatic heterocycles. The van der Waals surface area contributed by atoms with E-state index in [-0.39, 0.29) is 22.7 Å². The molecule has 0 saturated heterocycles. The number of nitrogens with zero attached hydrogens (tertiary/aromatic N) is 1. The lowest BCUT2D eigenvalue weighted by molar-refractivity contribution is 0.0533. The largest absolute Gasteiger partial charge is 0.462 e. The van der Waals surface area contributed by atoms with Gasteiger partial charge in [0, 0.05) is 14.1 Å². The number of thiophene rings is 1. The van der Waals surface area contributed by atoms with Crippen molar-refractivity contribution in [2.45, 2.75) is 6.92 Å². The SMILES string of the molecule is CCOC(=O)c1sc(N(C)C)c(C(N)=O)c1N. The maximum absolute atomic E-state index is 11.6. The molecule has 0 bridgehead atoms. The van der Waals surface area contributed by atoms with Crippen molar-refractivity contribution in [3.05, 3.63) is 10.4 Å². The molecule has 0 aliphatic rings. The van der Waals surface area contributed by atoms with Gasteiger partial charge in [-0.05, 0) is 6.92 Å². The number of hydrogen-bond acceptors (Lipinski definition) is 6. The first kappa shape index (κ1) is 13.3. The van der Waals surface area contributed by atoms with Crippen molar-refractivity contribution in [2.75, 3.05) is 31.3 Å². The molecule has 1 aromatic rings. The van der Waals surface area contributed by atoms with E-state index in [1.807, 2.05) is 0 Å². The molecular formula is C10H15N3O3S. The second kappa shape index (κ2) is 5.05. The van der Waals surface area contributed by atoms with E-state index in [2.05, 4.69) is 0 Å².